The Hall–Kier alpha value is -3.80. The summed E-state index contributed by atoms with van der Waals surface area (Å²) < 4.78 is 23.9. The third kappa shape index (κ3) is 7.68. The van der Waals surface area contributed by atoms with Crippen LogP contribution in [0.25, 0.3) is 53.8 Å². The molecule has 0 atom stereocenters. The van der Waals surface area contributed by atoms with E-state index in [0.717, 1.165) is 43.9 Å². The summed E-state index contributed by atoms with van der Waals surface area (Å²) in [4.78, 5) is 9.15. The Morgan fingerprint density at radius 1 is 0.809 bits per heavy atom. The van der Waals surface area contributed by atoms with Gasteiger partial charge in [-0.25, -0.2) is 4.39 Å². The predicted molar refractivity (Wildman–Crippen MR) is 197 cm³/mol. The van der Waals surface area contributed by atoms with Gasteiger partial charge >= 0.3 is 0 Å². The number of aryl methyl sites for hydroxylation is 1. The van der Waals surface area contributed by atoms with E-state index in [1.807, 2.05) is 50.2 Å². The molecule has 4 aromatic carbocycles. The summed E-state index contributed by atoms with van der Waals surface area (Å²) in [6.45, 7) is 13.0. The normalized spacial score (nSPS) is 11.9. The van der Waals surface area contributed by atoms with Crippen molar-refractivity contribution in [3.05, 3.63) is 139 Å². The zero-order valence-corrected chi connectivity index (χ0v) is 31.6. The van der Waals surface area contributed by atoms with Crippen molar-refractivity contribution in [3.63, 3.8) is 0 Å². The van der Waals surface area contributed by atoms with Crippen LogP contribution in [0.1, 0.15) is 32.2 Å². The number of fused-ring (bicyclic) bond motifs is 3. The fourth-order valence-electron chi connectivity index (χ4n) is 5.67. The molecule has 239 valence electrons. The topological polar surface area (TPSA) is 25.8 Å². The molecule has 47 heavy (non-hydrogen) atoms. The molecule has 0 aliphatic rings. The number of nitrogens with zero attached hydrogens (tertiary/aromatic N) is 2. The number of hydrogen-bond donors (Lipinski definition) is 0. The molecule has 0 amide bonds. The van der Waals surface area contributed by atoms with Gasteiger partial charge in [-0.05, 0) is 74.9 Å². The van der Waals surface area contributed by atoms with Gasteiger partial charge < -0.3 is 9.97 Å². The molecule has 2 nitrogen and oxygen atoms in total. The Labute approximate surface area is 297 Å². The first-order valence-corrected chi connectivity index (χ1v) is 19.7. The van der Waals surface area contributed by atoms with Crippen LogP contribution in [0.15, 0.2) is 109 Å². The minimum Gasteiger partial charge on any atom is -0.305 e. The van der Waals surface area contributed by atoms with Crippen LogP contribution in [-0.2, 0) is 20.1 Å². The predicted octanol–water partition coefficient (Wildman–Crippen LogP) is 11.2. The first-order chi connectivity index (χ1) is 22.4. The standard InChI is InChI=1S/C26H19FNS.C15H18NSi.Ir/c1-16(2)18-12-13-28-24(14-18)23-5-3-4-22-21-11-8-19(15-25(21)29-26(22)23)17-6-9-20(27)10-7-17;1-12-10-14(13-8-6-5-7-9-13)16-11-15(12)17(2,3)4;/h3-4,6-16H,1-2H3;5-8,10-11H,1-4H3;/q2*-1;/i16D;;. The molecule has 7 rings (SSSR count). The van der Waals surface area contributed by atoms with Crippen molar-refractivity contribution in [2.45, 2.75) is 46.3 Å². The Morgan fingerprint density at radius 3 is 2.26 bits per heavy atom. The minimum absolute atomic E-state index is 0. The molecule has 7 aromatic rings. The quantitative estimate of drug-likeness (QED) is 0.128. The molecule has 0 saturated carbocycles. The minimum atomic E-state index is -1.27. The van der Waals surface area contributed by atoms with Gasteiger partial charge in [0.25, 0.3) is 0 Å². The van der Waals surface area contributed by atoms with E-state index in [1.165, 1.54) is 38.4 Å². The molecule has 6 heteroatoms. The van der Waals surface area contributed by atoms with E-state index in [2.05, 4.69) is 91.3 Å². The molecule has 3 heterocycles. The van der Waals surface area contributed by atoms with Crippen molar-refractivity contribution in [1.29, 1.82) is 0 Å². The number of halogens is 1. The summed E-state index contributed by atoms with van der Waals surface area (Å²) in [5, 5.41) is 3.80. The van der Waals surface area contributed by atoms with Gasteiger partial charge in [-0.3, -0.25) is 0 Å². The van der Waals surface area contributed by atoms with Crippen molar-refractivity contribution >= 4 is 44.8 Å². The smallest absolute Gasteiger partial charge is 0.123 e. The molecular formula is C41H37FIrN2SSi-2. The Kier molecular flexibility index (Phi) is 10.2. The van der Waals surface area contributed by atoms with Crippen LogP contribution < -0.4 is 5.19 Å². The maximum Gasteiger partial charge on any atom is 0.123 e. The van der Waals surface area contributed by atoms with Crippen LogP contribution in [0.5, 0.6) is 0 Å². The van der Waals surface area contributed by atoms with Crippen LogP contribution in [0.4, 0.5) is 4.39 Å². The molecule has 0 saturated heterocycles. The van der Waals surface area contributed by atoms with E-state index < -0.39 is 14.0 Å². The number of hydrogen-bond acceptors (Lipinski definition) is 3. The monoisotopic (exact) mass is 830 g/mol. The van der Waals surface area contributed by atoms with Gasteiger partial charge in [-0.1, -0.05) is 86.4 Å². The molecule has 0 bridgehead atoms. The molecule has 0 unspecified atom stereocenters. The second-order valence-electron chi connectivity index (χ2n) is 12.8. The molecule has 0 fully saturated rings. The van der Waals surface area contributed by atoms with E-state index in [-0.39, 0.29) is 25.9 Å². The first kappa shape index (κ1) is 33.1. The molecule has 0 aliphatic carbocycles. The summed E-state index contributed by atoms with van der Waals surface area (Å²) in [6, 6.07) is 37.6. The van der Waals surface area contributed by atoms with Gasteiger partial charge in [0.2, 0.25) is 0 Å². The number of aromatic nitrogens is 2. The maximum absolute atomic E-state index is 13.3. The molecule has 1 radical (unpaired) electrons. The largest absolute Gasteiger partial charge is 0.305 e. The van der Waals surface area contributed by atoms with Crippen LogP contribution in [-0.4, -0.2) is 18.0 Å². The van der Waals surface area contributed by atoms with Crippen molar-refractivity contribution in [1.82, 2.24) is 9.97 Å². The van der Waals surface area contributed by atoms with E-state index in [4.69, 9.17) is 1.37 Å². The van der Waals surface area contributed by atoms with Gasteiger partial charge in [-0.15, -0.1) is 59.7 Å². The SMILES string of the molecule is Cc1cc(-c2[c-]cccc2)ncc1[Si](C)(C)C.[2H]C(C)(C)c1ccnc(-c2[c-]ccc3c2sc2cc(-c4ccc(F)cc4)ccc23)c1.[Ir]. The Bertz CT molecular complexity index is 2190. The summed E-state index contributed by atoms with van der Waals surface area (Å²) in [5.74, 6) is -0.914. The van der Waals surface area contributed by atoms with Crippen molar-refractivity contribution in [2.24, 2.45) is 0 Å². The van der Waals surface area contributed by atoms with Crippen molar-refractivity contribution < 1.29 is 25.9 Å². The molecule has 0 N–H and O–H groups in total. The van der Waals surface area contributed by atoms with E-state index in [0.29, 0.717) is 0 Å². The van der Waals surface area contributed by atoms with E-state index >= 15 is 0 Å². The molecule has 0 spiro atoms. The third-order valence-corrected chi connectivity index (χ3v) is 11.4. The van der Waals surface area contributed by atoms with Crippen LogP contribution in [0.3, 0.4) is 0 Å². The van der Waals surface area contributed by atoms with Gasteiger partial charge in [0.15, 0.2) is 0 Å². The van der Waals surface area contributed by atoms with E-state index in [9.17, 15) is 4.39 Å². The summed E-state index contributed by atoms with van der Waals surface area (Å²) in [5.41, 5.74) is 8.23. The third-order valence-electron chi connectivity index (χ3n) is 8.11. The number of thiophene rings is 1. The van der Waals surface area contributed by atoms with E-state index in [1.54, 1.807) is 29.7 Å². The van der Waals surface area contributed by atoms with Gasteiger partial charge in [0.1, 0.15) is 5.82 Å². The Balaban J connectivity index is 0.000000214. The van der Waals surface area contributed by atoms with Crippen molar-refractivity contribution in [2.75, 3.05) is 0 Å². The average molecular weight is 830 g/mol. The molecule has 0 aliphatic heterocycles. The summed E-state index contributed by atoms with van der Waals surface area (Å²) in [6.07, 6.45) is 3.82. The van der Waals surface area contributed by atoms with Crippen LogP contribution in [0, 0.1) is 24.9 Å². The zero-order valence-electron chi connectivity index (χ0n) is 28.4. The summed E-state index contributed by atoms with van der Waals surface area (Å²) >= 11 is 1.72. The van der Waals surface area contributed by atoms with Gasteiger partial charge in [0, 0.05) is 38.6 Å². The van der Waals surface area contributed by atoms with Gasteiger partial charge in [-0.2, -0.15) is 11.3 Å². The van der Waals surface area contributed by atoms with Crippen LogP contribution >= 0.6 is 11.3 Å². The molecule has 3 aromatic heterocycles. The second-order valence-corrected chi connectivity index (χ2v) is 18.8. The fourth-order valence-corrected chi connectivity index (χ4v) is 8.63. The van der Waals surface area contributed by atoms with Gasteiger partial charge in [0.05, 0.1) is 8.07 Å². The first-order valence-electron chi connectivity index (χ1n) is 15.9. The average Bonchev–Trinajstić information content (AvgIpc) is 3.43. The fraction of sp³-hybridized carbons (Fsp3) is 0.171. The second kappa shape index (κ2) is 14.5. The van der Waals surface area contributed by atoms with Crippen molar-refractivity contribution in [3.8, 4) is 33.6 Å². The number of pyridine rings is 2. The Morgan fingerprint density at radius 2 is 1.57 bits per heavy atom. The summed E-state index contributed by atoms with van der Waals surface area (Å²) in [7, 11) is -1.27. The number of rotatable bonds is 5. The molecular weight excluding hydrogens is 792 g/mol. The number of benzene rings is 4. The zero-order chi connectivity index (χ0) is 33.3. The maximum atomic E-state index is 13.3. The van der Waals surface area contributed by atoms with Crippen LogP contribution in [0.2, 0.25) is 19.6 Å².